The van der Waals surface area contributed by atoms with Crippen LogP contribution in [0.4, 0.5) is 37.1 Å². The first kappa shape index (κ1) is 38.4. The fourth-order valence-electron chi connectivity index (χ4n) is 6.24. The van der Waals surface area contributed by atoms with Gasteiger partial charge in [-0.15, -0.1) is 0 Å². The van der Waals surface area contributed by atoms with Crippen LogP contribution in [0.2, 0.25) is 0 Å². The van der Waals surface area contributed by atoms with E-state index in [0.717, 1.165) is 0 Å². The lowest BCUT2D eigenvalue weighted by Crippen LogP contribution is -2.57. The maximum atomic E-state index is 13.8. The van der Waals surface area contributed by atoms with E-state index in [4.69, 9.17) is 9.84 Å². The van der Waals surface area contributed by atoms with E-state index in [-0.39, 0.29) is 37.2 Å². The van der Waals surface area contributed by atoms with Crippen molar-refractivity contribution in [1.29, 1.82) is 0 Å². The van der Waals surface area contributed by atoms with Gasteiger partial charge in [0, 0.05) is 67.9 Å². The monoisotopic (exact) mass is 712 g/mol. The summed E-state index contributed by atoms with van der Waals surface area (Å²) in [4.78, 5) is 36.9. The average Bonchev–Trinajstić information content (AvgIpc) is 3.49. The molecule has 1 aliphatic heterocycles. The predicted molar refractivity (Wildman–Crippen MR) is 172 cm³/mol. The summed E-state index contributed by atoms with van der Waals surface area (Å²) < 4.78 is 90.1. The van der Waals surface area contributed by atoms with Crippen molar-refractivity contribution in [3.63, 3.8) is 0 Å². The zero-order valence-corrected chi connectivity index (χ0v) is 28.6. The van der Waals surface area contributed by atoms with Gasteiger partial charge in [-0.2, -0.15) is 31.4 Å². The van der Waals surface area contributed by atoms with Gasteiger partial charge in [-0.25, -0.2) is 14.8 Å². The van der Waals surface area contributed by atoms with Gasteiger partial charge < -0.3 is 19.6 Å². The Morgan fingerprint density at radius 2 is 1.48 bits per heavy atom. The first-order chi connectivity index (χ1) is 23.3. The van der Waals surface area contributed by atoms with Crippen LogP contribution in [-0.4, -0.2) is 66.5 Å². The zero-order chi connectivity index (χ0) is 37.0. The summed E-state index contributed by atoms with van der Waals surface area (Å²) in [6.45, 7) is 7.00. The highest BCUT2D eigenvalue weighted by Crippen LogP contribution is 2.38. The van der Waals surface area contributed by atoms with E-state index < -0.39 is 59.1 Å². The maximum Gasteiger partial charge on any atom is 0.416 e. The number of ether oxygens (including phenoxy) is 1. The summed E-state index contributed by atoms with van der Waals surface area (Å²) in [7, 11) is 1.74. The SMILES string of the molecule is CCC1CC(N(Cc2cc(C(F)(F)F)cc(C(F)(F)F)c2)c2ncc(-c3cnn(C)c3)cn2)C[C@H](CC)N1C(=O)OCC(C)(C)CCC(=O)O. The minimum atomic E-state index is -5.02. The largest absolute Gasteiger partial charge is 0.481 e. The molecule has 4 rings (SSSR count). The number of hydrogen-bond acceptors (Lipinski definition) is 7. The third-order valence-corrected chi connectivity index (χ3v) is 9.00. The molecule has 0 aliphatic carbocycles. The quantitative estimate of drug-likeness (QED) is 0.188. The number of carbonyl (C=O) groups excluding carboxylic acids is 1. The van der Waals surface area contributed by atoms with Gasteiger partial charge in [0.15, 0.2) is 0 Å². The smallest absolute Gasteiger partial charge is 0.416 e. The molecule has 1 amide bonds. The second kappa shape index (κ2) is 15.3. The third kappa shape index (κ3) is 9.65. The van der Waals surface area contributed by atoms with Gasteiger partial charge in [-0.3, -0.25) is 9.48 Å². The first-order valence-corrected chi connectivity index (χ1v) is 16.3. The molecule has 2 aromatic heterocycles. The number of carbonyl (C=O) groups is 2. The number of piperidine rings is 1. The summed E-state index contributed by atoms with van der Waals surface area (Å²) >= 11 is 0. The van der Waals surface area contributed by atoms with Gasteiger partial charge in [-0.05, 0) is 61.3 Å². The number of carboxylic acid groups (broad SMARTS) is 1. The van der Waals surface area contributed by atoms with Crippen LogP contribution in [0.1, 0.15) is 82.9 Å². The van der Waals surface area contributed by atoms with E-state index in [1.54, 1.807) is 47.8 Å². The molecule has 3 atom stereocenters. The lowest BCUT2D eigenvalue weighted by molar-refractivity contribution is -0.143. The van der Waals surface area contributed by atoms with E-state index in [2.05, 4.69) is 15.1 Å². The Morgan fingerprint density at radius 3 is 1.94 bits per heavy atom. The highest BCUT2D eigenvalue weighted by Gasteiger charge is 2.42. The van der Waals surface area contributed by atoms with Crippen molar-refractivity contribution >= 4 is 18.0 Å². The Kier molecular flexibility index (Phi) is 11.7. The molecule has 0 saturated carbocycles. The number of amides is 1. The molecule has 10 nitrogen and oxygen atoms in total. The number of alkyl halides is 6. The molecular weight excluding hydrogens is 670 g/mol. The van der Waals surface area contributed by atoms with Crippen LogP contribution in [0.3, 0.4) is 0 Å². The number of anilines is 1. The molecule has 3 heterocycles. The number of hydrogen-bond donors (Lipinski definition) is 1. The lowest BCUT2D eigenvalue weighted by Gasteiger charge is -2.47. The fourth-order valence-corrected chi connectivity index (χ4v) is 6.24. The van der Waals surface area contributed by atoms with Gasteiger partial charge in [0.1, 0.15) is 0 Å². The highest BCUT2D eigenvalue weighted by molar-refractivity contribution is 5.69. The summed E-state index contributed by atoms with van der Waals surface area (Å²) in [6, 6.07) is 0.253. The zero-order valence-electron chi connectivity index (χ0n) is 28.6. The van der Waals surface area contributed by atoms with Crippen molar-refractivity contribution in [3.8, 4) is 11.1 Å². The van der Waals surface area contributed by atoms with Gasteiger partial charge in [-0.1, -0.05) is 27.7 Å². The van der Waals surface area contributed by atoms with Gasteiger partial charge in [0.25, 0.3) is 0 Å². The Balaban J connectivity index is 1.69. The van der Waals surface area contributed by atoms with Crippen molar-refractivity contribution in [3.05, 3.63) is 59.7 Å². The minimum Gasteiger partial charge on any atom is -0.481 e. The third-order valence-electron chi connectivity index (χ3n) is 9.00. The summed E-state index contributed by atoms with van der Waals surface area (Å²) in [6.07, 6.45) is -2.40. The standard InChI is InChI=1S/C34H42F6N6O4/c1-6-26-13-28(14-27(7-2)46(26)31(49)50-20-32(3,4)9-8-29(47)48)45(30-41-15-22(16-42-30)23-17-43-44(5)19-23)18-21-10-24(33(35,36)37)12-25(11-21)34(38,39)40/h10-12,15-17,19,26-28H,6-9,13-14,18,20H2,1-5H3,(H,47,48)/t26-,27?,28?/m0/s1. The lowest BCUT2D eigenvalue weighted by atomic mass is 9.87. The molecule has 0 bridgehead atoms. The van der Waals surface area contributed by atoms with Crippen LogP contribution in [-0.2, 0) is 35.5 Å². The van der Waals surface area contributed by atoms with E-state index in [1.165, 1.54) is 12.4 Å². The van der Waals surface area contributed by atoms with Crippen LogP contribution >= 0.6 is 0 Å². The van der Waals surface area contributed by atoms with Crippen LogP contribution in [0.25, 0.3) is 11.1 Å². The number of benzene rings is 1. The number of aromatic nitrogens is 4. The number of nitrogens with zero attached hydrogens (tertiary/aromatic N) is 6. The average molecular weight is 713 g/mol. The number of aryl methyl sites for hydroxylation is 1. The Bertz CT molecular complexity index is 1580. The van der Waals surface area contributed by atoms with Crippen LogP contribution in [0.5, 0.6) is 0 Å². The normalized spacial score (nSPS) is 18.6. The molecule has 2 unspecified atom stereocenters. The first-order valence-electron chi connectivity index (χ1n) is 16.3. The van der Waals surface area contributed by atoms with Gasteiger partial charge >= 0.3 is 24.4 Å². The minimum absolute atomic E-state index is 0.00770. The Labute approximate surface area is 286 Å². The van der Waals surface area contributed by atoms with Crippen molar-refractivity contribution in [2.75, 3.05) is 11.5 Å². The van der Waals surface area contributed by atoms with Gasteiger partial charge in [0.05, 0.1) is 23.9 Å². The molecule has 16 heteroatoms. The topological polar surface area (TPSA) is 114 Å². The molecule has 1 aliphatic rings. The number of carboxylic acids is 1. The molecule has 50 heavy (non-hydrogen) atoms. The molecule has 1 aromatic carbocycles. The van der Waals surface area contributed by atoms with E-state index in [0.29, 0.717) is 55.4 Å². The van der Waals surface area contributed by atoms with Crippen molar-refractivity contribution in [2.45, 2.75) is 103 Å². The molecule has 1 fully saturated rings. The molecule has 3 aromatic rings. The fraction of sp³-hybridized carbons (Fsp3) is 0.559. The molecule has 1 N–H and O–H groups in total. The predicted octanol–water partition coefficient (Wildman–Crippen LogP) is 7.97. The molecule has 274 valence electrons. The van der Waals surface area contributed by atoms with E-state index >= 15 is 0 Å². The Hall–Kier alpha value is -4.37. The number of likely N-dealkylation sites (tertiary alicyclic amines) is 1. The summed E-state index contributed by atoms with van der Waals surface area (Å²) in [5, 5.41) is 13.2. The molecule has 0 radical (unpaired) electrons. The second-order valence-electron chi connectivity index (χ2n) is 13.5. The molecule has 0 spiro atoms. The second-order valence-corrected chi connectivity index (χ2v) is 13.5. The molecule has 1 saturated heterocycles. The van der Waals surface area contributed by atoms with E-state index in [1.807, 2.05) is 13.8 Å². The summed E-state index contributed by atoms with van der Waals surface area (Å²) in [5.41, 5.74) is -2.32. The van der Waals surface area contributed by atoms with Crippen molar-refractivity contribution in [2.24, 2.45) is 12.5 Å². The maximum absolute atomic E-state index is 13.8. The number of halogens is 6. The van der Waals surface area contributed by atoms with Crippen LogP contribution < -0.4 is 4.90 Å². The van der Waals surface area contributed by atoms with E-state index in [9.17, 15) is 35.9 Å². The van der Waals surface area contributed by atoms with Gasteiger partial charge in [0.2, 0.25) is 5.95 Å². The Morgan fingerprint density at radius 1 is 0.920 bits per heavy atom. The van der Waals surface area contributed by atoms with Crippen molar-refractivity contribution < 1.29 is 45.8 Å². The summed E-state index contributed by atoms with van der Waals surface area (Å²) in [5.74, 6) is -0.849. The highest BCUT2D eigenvalue weighted by atomic mass is 19.4. The number of aliphatic carboxylic acids is 1. The van der Waals surface area contributed by atoms with Crippen molar-refractivity contribution in [1.82, 2.24) is 24.6 Å². The van der Waals surface area contributed by atoms with Crippen LogP contribution in [0, 0.1) is 5.41 Å². The van der Waals surface area contributed by atoms with Crippen LogP contribution in [0.15, 0.2) is 43.0 Å². The number of rotatable bonds is 12. The molecular formula is C34H42F6N6O4.